The number of amides is 1. The molecule has 0 radical (unpaired) electrons. The maximum Gasteiger partial charge on any atom is 0.330 e. The molecule has 2 aromatic rings. The Kier molecular flexibility index (Phi) is 5.65. The summed E-state index contributed by atoms with van der Waals surface area (Å²) < 4.78 is 23.7. The molecular formula is C19H18FNO5S. The van der Waals surface area contributed by atoms with Gasteiger partial charge in [0.05, 0.1) is 6.26 Å². The summed E-state index contributed by atoms with van der Waals surface area (Å²) in [5, 5.41) is -0.418. The first-order chi connectivity index (χ1) is 12.9. The fourth-order valence-electron chi connectivity index (χ4n) is 2.88. The van der Waals surface area contributed by atoms with E-state index in [0.29, 0.717) is 11.5 Å². The van der Waals surface area contributed by atoms with Gasteiger partial charge in [0.25, 0.3) is 0 Å². The summed E-state index contributed by atoms with van der Waals surface area (Å²) in [7, 11) is 0. The maximum atomic E-state index is 13.0. The molecule has 142 valence electrons. The highest BCUT2D eigenvalue weighted by molar-refractivity contribution is 7.99. The van der Waals surface area contributed by atoms with Gasteiger partial charge in [-0.2, -0.15) is 0 Å². The van der Waals surface area contributed by atoms with Crippen LogP contribution < -0.4 is 0 Å². The van der Waals surface area contributed by atoms with Crippen LogP contribution in [0.4, 0.5) is 4.39 Å². The number of Topliss-reactive ketones (excluding diaryl/α,β-unsaturated/α-hetero) is 1. The van der Waals surface area contributed by atoms with Gasteiger partial charge in [0.1, 0.15) is 23.0 Å². The number of carbonyl (C=O) groups is 3. The van der Waals surface area contributed by atoms with Crippen LogP contribution in [0.5, 0.6) is 0 Å². The highest BCUT2D eigenvalue weighted by Crippen LogP contribution is 2.41. The van der Waals surface area contributed by atoms with Crippen molar-refractivity contribution in [3.8, 4) is 0 Å². The van der Waals surface area contributed by atoms with Gasteiger partial charge < -0.3 is 14.1 Å². The molecule has 0 N–H and O–H groups in total. The van der Waals surface area contributed by atoms with E-state index in [-0.39, 0.29) is 11.5 Å². The number of ketones is 1. The third kappa shape index (κ3) is 4.05. The molecular weight excluding hydrogens is 373 g/mol. The number of rotatable bonds is 5. The summed E-state index contributed by atoms with van der Waals surface area (Å²) in [6.45, 7) is 2.82. The van der Waals surface area contributed by atoms with Gasteiger partial charge in [0, 0.05) is 18.2 Å². The predicted octanol–water partition coefficient (Wildman–Crippen LogP) is 3.20. The van der Waals surface area contributed by atoms with Gasteiger partial charge >= 0.3 is 5.97 Å². The zero-order chi connectivity index (χ0) is 19.6. The zero-order valence-corrected chi connectivity index (χ0v) is 15.6. The largest absolute Gasteiger partial charge is 0.466 e. The van der Waals surface area contributed by atoms with E-state index in [9.17, 15) is 18.8 Å². The molecule has 3 rings (SSSR count). The highest BCUT2D eigenvalue weighted by Gasteiger charge is 2.43. The number of furan rings is 1. The summed E-state index contributed by atoms with van der Waals surface area (Å²) in [6, 6.07) is 7.64. The van der Waals surface area contributed by atoms with Gasteiger partial charge in [-0.3, -0.25) is 9.59 Å². The van der Waals surface area contributed by atoms with E-state index in [1.165, 1.54) is 61.0 Å². The lowest BCUT2D eigenvalue weighted by atomic mass is 10.1. The van der Waals surface area contributed by atoms with E-state index in [4.69, 9.17) is 9.15 Å². The van der Waals surface area contributed by atoms with Gasteiger partial charge in [0.2, 0.25) is 11.7 Å². The molecule has 1 amide bonds. The molecule has 1 aliphatic rings. The monoisotopic (exact) mass is 391 g/mol. The van der Waals surface area contributed by atoms with Crippen molar-refractivity contribution in [2.24, 2.45) is 0 Å². The number of benzene rings is 1. The average molecular weight is 391 g/mol. The number of ether oxygens (including phenoxy) is 1. The van der Waals surface area contributed by atoms with Crippen LogP contribution in [0.15, 0.2) is 47.1 Å². The molecule has 3 atom stereocenters. The number of hydrogen-bond acceptors (Lipinski definition) is 6. The Hall–Kier alpha value is -2.61. The van der Waals surface area contributed by atoms with Gasteiger partial charge in [-0.1, -0.05) is 0 Å². The molecule has 0 spiro atoms. The first-order valence-corrected chi connectivity index (χ1v) is 9.37. The third-order valence-electron chi connectivity index (χ3n) is 4.21. The van der Waals surface area contributed by atoms with Crippen LogP contribution in [0.25, 0.3) is 0 Å². The van der Waals surface area contributed by atoms with Crippen LogP contribution in [0, 0.1) is 5.82 Å². The third-order valence-corrected chi connectivity index (χ3v) is 5.50. The van der Waals surface area contributed by atoms with E-state index in [1.807, 2.05) is 0 Å². The normalized spacial score (nSPS) is 20.3. The van der Waals surface area contributed by atoms with Crippen LogP contribution >= 0.6 is 11.8 Å². The minimum atomic E-state index is -1.05. The first kappa shape index (κ1) is 19.2. The van der Waals surface area contributed by atoms with Crippen LogP contribution in [0.1, 0.15) is 35.3 Å². The average Bonchev–Trinajstić information content (AvgIpc) is 3.30. The van der Waals surface area contributed by atoms with Crippen LogP contribution in [-0.4, -0.2) is 40.5 Å². The minimum Gasteiger partial charge on any atom is -0.466 e. The first-order valence-electron chi connectivity index (χ1n) is 8.32. The number of nitrogens with zero attached hydrogens (tertiary/aromatic N) is 1. The second-order valence-electron chi connectivity index (χ2n) is 6.09. The van der Waals surface area contributed by atoms with E-state index in [2.05, 4.69) is 0 Å². The summed E-state index contributed by atoms with van der Waals surface area (Å²) in [5.41, 5.74) is 0.245. The fourth-order valence-corrected chi connectivity index (χ4v) is 4.29. The van der Waals surface area contributed by atoms with Crippen LogP contribution in [-0.2, 0) is 14.3 Å². The van der Waals surface area contributed by atoms with E-state index in [0.717, 1.165) is 0 Å². The van der Waals surface area contributed by atoms with Gasteiger partial charge in [-0.15, -0.1) is 11.8 Å². The summed E-state index contributed by atoms with van der Waals surface area (Å²) >= 11 is 1.39. The second kappa shape index (κ2) is 7.96. The molecule has 6 nitrogen and oxygen atoms in total. The Morgan fingerprint density at radius 3 is 2.56 bits per heavy atom. The quantitative estimate of drug-likeness (QED) is 0.575. The van der Waals surface area contributed by atoms with Gasteiger partial charge in [-0.25, -0.2) is 9.18 Å². The number of halogens is 1. The zero-order valence-electron chi connectivity index (χ0n) is 14.8. The van der Waals surface area contributed by atoms with Crippen LogP contribution in [0.2, 0.25) is 0 Å². The molecule has 27 heavy (non-hydrogen) atoms. The van der Waals surface area contributed by atoms with Crippen molar-refractivity contribution in [2.75, 3.05) is 5.75 Å². The van der Waals surface area contributed by atoms with Crippen molar-refractivity contribution in [1.82, 2.24) is 4.90 Å². The Labute approximate surface area is 159 Å². The Morgan fingerprint density at radius 2 is 1.96 bits per heavy atom. The SMILES string of the molecule is CC(=O)N1[C@@H](C(=O)O[C@@H](C)C(=O)c2ccc(F)cc2)CS[C@@H]1c1ccco1. The molecule has 1 aromatic carbocycles. The molecule has 2 heterocycles. The maximum absolute atomic E-state index is 13.0. The molecule has 1 aliphatic heterocycles. The lowest BCUT2D eigenvalue weighted by molar-refractivity contribution is -0.155. The molecule has 0 aliphatic carbocycles. The Bertz CT molecular complexity index is 836. The van der Waals surface area contributed by atoms with Crippen molar-refractivity contribution < 1.29 is 27.9 Å². The van der Waals surface area contributed by atoms with E-state index < -0.39 is 35.1 Å². The molecule has 1 fully saturated rings. The topological polar surface area (TPSA) is 76.8 Å². The van der Waals surface area contributed by atoms with E-state index in [1.54, 1.807) is 12.1 Å². The molecule has 0 saturated carbocycles. The lowest BCUT2D eigenvalue weighted by Crippen LogP contribution is -2.44. The molecule has 8 heteroatoms. The van der Waals surface area contributed by atoms with Crippen LogP contribution in [0.3, 0.4) is 0 Å². The predicted molar refractivity (Wildman–Crippen MR) is 96.5 cm³/mol. The number of carbonyl (C=O) groups excluding carboxylic acids is 3. The lowest BCUT2D eigenvalue weighted by Gasteiger charge is -2.26. The second-order valence-corrected chi connectivity index (χ2v) is 7.21. The van der Waals surface area contributed by atoms with Gasteiger partial charge in [0.15, 0.2) is 6.10 Å². The fraction of sp³-hybridized carbons (Fsp3) is 0.316. The standard InChI is InChI=1S/C19H18FNO5S/c1-11(17(23)13-5-7-14(20)8-6-13)26-19(24)15-10-27-18(21(15)12(2)22)16-4-3-9-25-16/h3-9,11,15,18H,10H2,1-2H3/t11-,15+,18+/m0/s1. The number of thioether (sulfide) groups is 1. The van der Waals surface area contributed by atoms with Crippen molar-refractivity contribution in [3.63, 3.8) is 0 Å². The highest BCUT2D eigenvalue weighted by atomic mass is 32.2. The minimum absolute atomic E-state index is 0.245. The van der Waals surface area contributed by atoms with Crippen molar-refractivity contribution in [3.05, 3.63) is 59.8 Å². The summed E-state index contributed by atoms with van der Waals surface area (Å²) in [6.07, 6.45) is 0.452. The Balaban J connectivity index is 1.70. The van der Waals surface area contributed by atoms with Gasteiger partial charge in [-0.05, 0) is 43.3 Å². The molecule has 1 aromatic heterocycles. The van der Waals surface area contributed by atoms with Crippen molar-refractivity contribution in [2.45, 2.75) is 31.4 Å². The molecule has 0 bridgehead atoms. The Morgan fingerprint density at radius 1 is 1.26 bits per heavy atom. The smallest absolute Gasteiger partial charge is 0.330 e. The number of hydrogen-bond donors (Lipinski definition) is 0. The molecule has 1 saturated heterocycles. The van der Waals surface area contributed by atoms with Crippen molar-refractivity contribution in [1.29, 1.82) is 0 Å². The number of esters is 1. The summed E-state index contributed by atoms with van der Waals surface area (Å²) in [4.78, 5) is 38.5. The summed E-state index contributed by atoms with van der Waals surface area (Å²) in [5.74, 6) is -0.941. The molecule has 0 unspecified atom stereocenters. The van der Waals surface area contributed by atoms with E-state index >= 15 is 0 Å². The van der Waals surface area contributed by atoms with Crippen molar-refractivity contribution >= 4 is 29.4 Å².